The highest BCUT2D eigenvalue weighted by Gasteiger charge is 2.32. The van der Waals surface area contributed by atoms with Gasteiger partial charge in [-0.2, -0.15) is 0 Å². The fraction of sp³-hybridized carbons (Fsp3) is 1.00. The van der Waals surface area contributed by atoms with Crippen LogP contribution in [0.2, 0.25) is 0 Å². The summed E-state index contributed by atoms with van der Waals surface area (Å²) in [7, 11) is 3.88. The molecular weight excluding hydrogens is 377 g/mol. The molecule has 0 saturated carbocycles. The molecule has 0 aromatic rings. The highest BCUT2D eigenvalue weighted by molar-refractivity contribution is 7.58. The van der Waals surface area contributed by atoms with Gasteiger partial charge >= 0.3 is 0 Å². The third-order valence-electron chi connectivity index (χ3n) is 7.01. The second-order valence-electron chi connectivity index (χ2n) is 10.3. The van der Waals surface area contributed by atoms with Gasteiger partial charge < -0.3 is 9.01 Å². The molecule has 29 heavy (non-hydrogen) atoms. The zero-order valence-electron chi connectivity index (χ0n) is 20.4. The molecule has 0 aliphatic carbocycles. The zero-order chi connectivity index (χ0) is 21.4. The minimum atomic E-state index is -2.40. The Hall–Kier alpha value is 0.150. The summed E-state index contributed by atoms with van der Waals surface area (Å²) in [5.74, 6) is 0.610. The van der Waals surface area contributed by atoms with E-state index in [1.807, 2.05) is 0 Å². The first kappa shape index (κ1) is 27.2. The largest absolute Gasteiger partial charge is 0.332 e. The van der Waals surface area contributed by atoms with Gasteiger partial charge in [-0.05, 0) is 12.3 Å². The van der Waals surface area contributed by atoms with Gasteiger partial charge in [0.1, 0.15) is 0 Å². The van der Waals surface area contributed by atoms with Crippen LogP contribution in [0, 0.1) is 5.92 Å². The summed E-state index contributed by atoms with van der Waals surface area (Å²) < 4.78 is 19.8. The van der Waals surface area contributed by atoms with E-state index in [2.05, 4.69) is 21.0 Å². The number of quaternary nitrogens is 1. The van der Waals surface area contributed by atoms with Crippen molar-refractivity contribution < 1.29 is 13.6 Å². The maximum atomic E-state index is 13.1. The van der Waals surface area contributed by atoms with Gasteiger partial charge in [0.2, 0.25) is 7.37 Å². The van der Waals surface area contributed by atoms with E-state index in [0.717, 1.165) is 23.2 Å². The predicted molar refractivity (Wildman–Crippen MR) is 129 cm³/mol. The molecule has 1 atom stereocenters. The Balaban J connectivity index is 1.96. The summed E-state index contributed by atoms with van der Waals surface area (Å²) in [5, 5.41) is 0. The van der Waals surface area contributed by atoms with Gasteiger partial charge in [-0.1, -0.05) is 90.4 Å². The van der Waals surface area contributed by atoms with Gasteiger partial charge in [0.05, 0.1) is 27.2 Å². The molecule has 1 saturated heterocycles. The Labute approximate surface area is 183 Å². The molecule has 1 unspecified atom stereocenters. The van der Waals surface area contributed by atoms with Gasteiger partial charge in [0.25, 0.3) is 0 Å². The summed E-state index contributed by atoms with van der Waals surface area (Å²) in [6.07, 6.45) is 23.2. The lowest BCUT2D eigenvalue weighted by atomic mass is 9.98. The maximum absolute atomic E-state index is 13.1. The minimum Gasteiger partial charge on any atom is -0.332 e. The molecule has 174 valence electrons. The van der Waals surface area contributed by atoms with Crippen molar-refractivity contribution in [2.75, 3.05) is 46.6 Å². The first-order valence-electron chi connectivity index (χ1n) is 12.9. The van der Waals surface area contributed by atoms with Crippen LogP contribution in [0.3, 0.4) is 0 Å². The molecule has 0 aromatic heterocycles. The maximum Gasteiger partial charge on any atom is 0.203 e. The van der Waals surface area contributed by atoms with Crippen molar-refractivity contribution in [2.24, 2.45) is 5.92 Å². The van der Waals surface area contributed by atoms with Crippen molar-refractivity contribution in [3.63, 3.8) is 0 Å². The quantitative estimate of drug-likeness (QED) is 0.126. The highest BCUT2D eigenvalue weighted by Crippen LogP contribution is 2.50. The van der Waals surface area contributed by atoms with Crippen molar-refractivity contribution in [1.82, 2.24) is 0 Å². The van der Waals surface area contributed by atoms with E-state index >= 15 is 0 Å². The molecule has 1 aliphatic heterocycles. The Morgan fingerprint density at radius 2 is 1.17 bits per heavy atom. The lowest BCUT2D eigenvalue weighted by Crippen LogP contribution is -2.46. The first-order valence-corrected chi connectivity index (χ1v) is 14.9. The molecule has 1 fully saturated rings. The second kappa shape index (κ2) is 15.9. The van der Waals surface area contributed by atoms with Crippen LogP contribution in [0.1, 0.15) is 110 Å². The molecule has 1 heterocycles. The summed E-state index contributed by atoms with van der Waals surface area (Å²) >= 11 is 0. The zero-order valence-corrected chi connectivity index (χ0v) is 21.3. The second-order valence-corrected chi connectivity index (χ2v) is 13.1. The Morgan fingerprint density at radius 3 is 1.59 bits per heavy atom. The van der Waals surface area contributed by atoms with E-state index in [4.69, 9.17) is 4.52 Å². The van der Waals surface area contributed by atoms with E-state index in [0.29, 0.717) is 5.92 Å². The van der Waals surface area contributed by atoms with Crippen molar-refractivity contribution in [3.05, 3.63) is 0 Å². The number of nitrogens with zero attached hydrogens (tertiary/aromatic N) is 1. The standard InChI is InChI=1S/C25H53NO2P/c1-5-6-7-8-9-10-11-12-13-14-15-16-17-18-23-29(27,28-4)24-25-19-21-26(2,3)22-20-25/h25H,5-24H2,1-4H3/q+1. The third kappa shape index (κ3) is 13.9. The Morgan fingerprint density at radius 1 is 0.759 bits per heavy atom. The number of rotatable bonds is 18. The molecule has 0 aromatic carbocycles. The number of hydrogen-bond donors (Lipinski definition) is 0. The molecule has 0 spiro atoms. The van der Waals surface area contributed by atoms with E-state index in [9.17, 15) is 4.57 Å². The fourth-order valence-electron chi connectivity index (χ4n) is 4.70. The van der Waals surface area contributed by atoms with Crippen LogP contribution >= 0.6 is 7.37 Å². The monoisotopic (exact) mass is 430 g/mol. The van der Waals surface area contributed by atoms with Crippen LogP contribution in [0.4, 0.5) is 0 Å². The average molecular weight is 431 g/mol. The summed E-state index contributed by atoms with van der Waals surface area (Å²) in [6, 6.07) is 0. The van der Waals surface area contributed by atoms with Crippen molar-refractivity contribution in [2.45, 2.75) is 110 Å². The van der Waals surface area contributed by atoms with Crippen LogP contribution in [0.25, 0.3) is 0 Å². The van der Waals surface area contributed by atoms with Crippen LogP contribution in [0.15, 0.2) is 0 Å². The van der Waals surface area contributed by atoms with E-state index < -0.39 is 7.37 Å². The third-order valence-corrected chi connectivity index (χ3v) is 9.74. The number of unbranched alkanes of at least 4 members (excludes halogenated alkanes) is 13. The van der Waals surface area contributed by atoms with Crippen LogP contribution in [-0.4, -0.2) is 51.1 Å². The van der Waals surface area contributed by atoms with Crippen molar-refractivity contribution in [3.8, 4) is 0 Å². The molecule has 1 rings (SSSR count). The van der Waals surface area contributed by atoms with Crippen LogP contribution in [0.5, 0.6) is 0 Å². The SMILES string of the molecule is CCCCCCCCCCCCCCCCP(=O)(CC1CC[N+](C)(C)CC1)OC. The summed E-state index contributed by atoms with van der Waals surface area (Å²) in [4.78, 5) is 0. The lowest BCUT2D eigenvalue weighted by molar-refractivity contribution is -0.896. The minimum absolute atomic E-state index is 0.610. The first-order chi connectivity index (χ1) is 13.9. The number of piperidine rings is 1. The smallest absolute Gasteiger partial charge is 0.203 e. The Kier molecular flexibility index (Phi) is 14.9. The van der Waals surface area contributed by atoms with Gasteiger partial charge in [-0.3, -0.25) is 4.57 Å². The molecule has 1 aliphatic rings. The molecular formula is C25H53NO2P+. The summed E-state index contributed by atoms with van der Waals surface area (Å²) in [5.41, 5.74) is 0. The molecule has 3 nitrogen and oxygen atoms in total. The van der Waals surface area contributed by atoms with Gasteiger partial charge in [-0.25, -0.2) is 0 Å². The van der Waals surface area contributed by atoms with Gasteiger partial charge in [0, 0.05) is 32.3 Å². The number of likely N-dealkylation sites (tertiary alicyclic amines) is 1. The molecule has 0 amide bonds. The average Bonchev–Trinajstić information content (AvgIpc) is 2.70. The normalized spacial score (nSPS) is 19.3. The fourth-order valence-corrected chi connectivity index (χ4v) is 7.07. The molecule has 0 bridgehead atoms. The van der Waals surface area contributed by atoms with E-state index in [-0.39, 0.29) is 0 Å². The molecule has 4 heteroatoms. The predicted octanol–water partition coefficient (Wildman–Crippen LogP) is 7.88. The van der Waals surface area contributed by atoms with E-state index in [1.54, 1.807) is 7.11 Å². The van der Waals surface area contributed by atoms with Gasteiger partial charge in [0.15, 0.2) is 0 Å². The van der Waals surface area contributed by atoms with Crippen molar-refractivity contribution in [1.29, 1.82) is 0 Å². The van der Waals surface area contributed by atoms with Crippen LogP contribution < -0.4 is 0 Å². The van der Waals surface area contributed by atoms with E-state index in [1.165, 1.54) is 109 Å². The topological polar surface area (TPSA) is 26.3 Å². The number of hydrogen-bond acceptors (Lipinski definition) is 2. The Bertz CT molecular complexity index is 429. The highest BCUT2D eigenvalue weighted by atomic mass is 31.2. The van der Waals surface area contributed by atoms with Crippen LogP contribution in [-0.2, 0) is 9.09 Å². The molecule has 0 N–H and O–H groups in total. The molecule has 0 radical (unpaired) electrons. The lowest BCUT2D eigenvalue weighted by Gasteiger charge is -2.37. The van der Waals surface area contributed by atoms with Crippen molar-refractivity contribution >= 4 is 7.37 Å². The summed E-state index contributed by atoms with van der Waals surface area (Å²) in [6.45, 7) is 4.72. The van der Waals surface area contributed by atoms with Gasteiger partial charge in [-0.15, -0.1) is 0 Å².